The second-order valence-electron chi connectivity index (χ2n) is 21.8. The molecule has 0 saturated carbocycles. The van der Waals surface area contributed by atoms with E-state index < -0.39 is 270 Å². The van der Waals surface area contributed by atoms with Gasteiger partial charge in [-0.25, -0.2) is 8.42 Å². The molecule has 88 heavy (non-hydrogen) atoms. The molecular formula is C48H83NaO38S. The number of aliphatic hydroxyl groups is 20. The maximum absolute atomic E-state index is 11.7. The minimum atomic E-state index is -4.60. The first kappa shape index (κ1) is 76.5. The zero-order valence-corrected chi connectivity index (χ0v) is 50.5. The van der Waals surface area contributed by atoms with Gasteiger partial charge in [-0.2, -0.15) is 0 Å². The smallest absolute Gasteiger partial charge is 0.748 e. The molecule has 35 atom stereocenters. The predicted octanol–water partition coefficient (Wildman–Crippen LogP) is -16.9. The van der Waals surface area contributed by atoms with Crippen LogP contribution in [0.2, 0.25) is 0 Å². The third-order valence-corrected chi connectivity index (χ3v) is 16.6. The van der Waals surface area contributed by atoms with Gasteiger partial charge in [0.05, 0.1) is 55.9 Å². The Morgan fingerprint density at radius 3 is 0.807 bits per heavy atom. The molecule has 0 aromatic heterocycles. The van der Waals surface area contributed by atoms with Gasteiger partial charge in [-0.1, -0.05) is 0 Å². The van der Waals surface area contributed by atoms with Crippen LogP contribution in [0.4, 0.5) is 0 Å². The number of rotatable bonds is 12. The summed E-state index contributed by atoms with van der Waals surface area (Å²) in [4.78, 5) is 0. The predicted molar refractivity (Wildman–Crippen MR) is 267 cm³/mol. The number of hydrogen-bond acceptors (Lipinski definition) is 38. The Labute approximate surface area is 523 Å². The van der Waals surface area contributed by atoms with Crippen LogP contribution in [-0.4, -0.2) is 389 Å². The van der Waals surface area contributed by atoms with Crippen LogP contribution in [0.1, 0.15) is 26.7 Å². The molecule has 21 fully saturated rings. The van der Waals surface area contributed by atoms with Gasteiger partial charge in [0.15, 0.2) is 44.0 Å². The monoisotopic (exact) mass is 1320 g/mol. The summed E-state index contributed by atoms with van der Waals surface area (Å²) in [5.41, 5.74) is 0. The second-order valence-corrected chi connectivity index (χ2v) is 23.3. The van der Waals surface area contributed by atoms with Crippen molar-refractivity contribution >= 4 is 10.1 Å². The average molecular weight is 1320 g/mol. The third-order valence-electron chi connectivity index (χ3n) is 15.8. The molecule has 0 amide bonds. The van der Waals surface area contributed by atoms with E-state index in [9.17, 15) is 110 Å². The molecule has 510 valence electrons. The minimum Gasteiger partial charge on any atom is -0.748 e. The number of aliphatic hydroxyl groups excluding tert-OH is 20. The van der Waals surface area contributed by atoms with Gasteiger partial charge in [-0.05, 0) is 26.7 Å². The maximum Gasteiger partial charge on any atom is 1.00 e. The number of unbranched alkanes of at least 4 members (excludes halogenated alkanes) is 1. The Hall–Kier alpha value is -0.490. The van der Waals surface area contributed by atoms with Crippen molar-refractivity contribution in [3.05, 3.63) is 0 Å². The van der Waals surface area contributed by atoms with E-state index >= 15 is 0 Å². The molecule has 0 spiro atoms. The van der Waals surface area contributed by atoms with Crippen LogP contribution >= 0.6 is 0 Å². The van der Waals surface area contributed by atoms with E-state index in [4.69, 9.17) is 76.2 Å². The van der Waals surface area contributed by atoms with Gasteiger partial charge in [0, 0.05) is 19.0 Å². The molecule has 0 radical (unpaired) electrons. The Morgan fingerprint density at radius 1 is 0.341 bits per heavy atom. The van der Waals surface area contributed by atoms with Crippen LogP contribution in [0, 0.1) is 0 Å². The molecular weight excluding hydrogens is 1240 g/mol. The van der Waals surface area contributed by atoms with E-state index in [1.807, 2.05) is 0 Å². The fraction of sp³-hybridized carbons (Fsp3) is 1.00. The van der Waals surface area contributed by atoms with Crippen molar-refractivity contribution in [2.24, 2.45) is 0 Å². The third kappa shape index (κ3) is 17.4. The van der Waals surface area contributed by atoms with Crippen LogP contribution in [0.3, 0.4) is 0 Å². The molecule has 21 rings (SSSR count). The van der Waals surface area contributed by atoms with Crippen LogP contribution < -0.4 is 29.6 Å². The van der Waals surface area contributed by atoms with Crippen LogP contribution in [0.15, 0.2) is 0 Å². The van der Waals surface area contributed by atoms with Crippen molar-refractivity contribution in [1.29, 1.82) is 0 Å². The zero-order chi connectivity index (χ0) is 64.1. The molecule has 21 aliphatic rings. The molecule has 21 aliphatic heterocycles. The number of hydrogen-bond donors (Lipinski definition) is 20. The summed E-state index contributed by atoms with van der Waals surface area (Å²) in [5, 5.41) is 219. The normalized spacial score (nSPS) is 49.8. The van der Waals surface area contributed by atoms with Gasteiger partial charge >= 0.3 is 29.6 Å². The molecule has 14 bridgehead atoms. The van der Waals surface area contributed by atoms with E-state index in [1.165, 1.54) is 6.92 Å². The molecule has 40 heteroatoms. The fourth-order valence-electron chi connectivity index (χ4n) is 11.1. The summed E-state index contributed by atoms with van der Waals surface area (Å²) < 4.78 is 120. The summed E-state index contributed by atoms with van der Waals surface area (Å²) in [6.45, 7) is -2.92. The van der Waals surface area contributed by atoms with Crippen molar-refractivity contribution in [2.75, 3.05) is 58.6 Å². The average Bonchev–Trinajstić information content (AvgIpc) is 0.955. The van der Waals surface area contributed by atoms with E-state index in [2.05, 4.69) is 0 Å². The van der Waals surface area contributed by atoms with Gasteiger partial charge in [0.2, 0.25) is 0 Å². The molecule has 20 N–H and O–H groups in total. The zero-order valence-electron chi connectivity index (χ0n) is 47.7. The Balaban J connectivity index is 0.00000303. The first-order valence-corrected chi connectivity index (χ1v) is 29.6. The van der Waals surface area contributed by atoms with E-state index in [0.717, 1.165) is 0 Å². The largest absolute Gasteiger partial charge is 1.00 e. The first-order valence-electron chi connectivity index (χ1n) is 28.0. The Kier molecular flexibility index (Phi) is 29.5. The molecule has 21 heterocycles. The van der Waals surface area contributed by atoms with E-state index in [0.29, 0.717) is 0 Å². The minimum absolute atomic E-state index is 0. The molecule has 0 aromatic carbocycles. The summed E-state index contributed by atoms with van der Waals surface area (Å²) in [7, 11) is -4.60. The SMILES string of the molecule is CCO.C[C@H]1O[C@@H]2O[C@H]3[C@H](O)[C@@H](O)[C@@H](O[C@H]4[C@H](O)[C@@H](O)[C@@H](O[C@H]5[C@H](O)[C@@H](O)[C@@H](O[C@H]6[C@H](O)[C@@H](O)[C@@H](O[C@H]7[C@H](O)[C@@H](O)[C@@H](O[C@H]8[C@H](O)[C@@H](O)[C@@H](O[C@H]1[C@H](O)[C@H]2O)O[C@@H]8COCCCCS(=O)(=O)[O-])O[C@@H]7CO)O[C@@H]6CO)O[C@@H]5CO)O[C@@H]4CO)O[C@@H]3CO.[Na+]. The van der Waals surface area contributed by atoms with Crippen LogP contribution in [-0.2, 0) is 81.2 Å². The summed E-state index contributed by atoms with van der Waals surface area (Å²) in [5.74, 6) is -0.740. The standard InChI is InChI=1S/C46H78O37S.C2H6O.Na/c1-12-33-19(52)26(59)40(70-12)78-34-13(6-47)71-41(27(60)20(34)53)79-35-14(7-48)72-42(28(61)21(35)54)80-36-15(8-49)73-43(29(62)22(36)55)81-37-16(9-50)74-44(30(63)23(37)56)82-38-17(10-51)75-45(31(64)24(38)57)83-39-18(76-46(77-33)32(65)25(39)58)11-69-4-2-3-5-84(66,67)68;1-2-3;/h12-65H,2-11H2,1H3,(H,66,67,68);3H,2H2,1H3;/q;;+1/p-1/t12-,13-,14-,15-,16-,17-,18-,19-,20-,21-,22-,23-,24-,25-,26-,27-,28-,29-,30-,31-,32-,33-,34-,35-,36-,37-,38-,39-,40-,41-,42-,43-,44-,45-,46-;;/m1../s1. The van der Waals surface area contributed by atoms with Crippen LogP contribution in [0.5, 0.6) is 0 Å². The first-order chi connectivity index (χ1) is 41.2. The molecule has 0 aliphatic carbocycles. The second kappa shape index (κ2) is 33.9. The van der Waals surface area contributed by atoms with Crippen molar-refractivity contribution in [3.63, 3.8) is 0 Å². The summed E-state index contributed by atoms with van der Waals surface area (Å²) >= 11 is 0. The molecule has 21 saturated heterocycles. The van der Waals surface area contributed by atoms with Gasteiger partial charge in [-0.15, -0.1) is 0 Å². The summed E-state index contributed by atoms with van der Waals surface area (Å²) in [6.07, 6.45) is -69.5. The molecule has 0 aromatic rings. The molecule has 38 nitrogen and oxygen atoms in total. The van der Waals surface area contributed by atoms with Gasteiger partial charge in [0.25, 0.3) is 0 Å². The summed E-state index contributed by atoms with van der Waals surface area (Å²) in [6, 6.07) is 0. The number of ether oxygens (including phenoxy) is 15. The van der Waals surface area contributed by atoms with Crippen LogP contribution in [0.25, 0.3) is 0 Å². The topological polar surface area (TPSA) is 600 Å². The van der Waals surface area contributed by atoms with Crippen molar-refractivity contribution in [3.8, 4) is 0 Å². The molecule has 0 unspecified atom stereocenters. The van der Waals surface area contributed by atoms with E-state index in [1.54, 1.807) is 6.92 Å². The van der Waals surface area contributed by atoms with Crippen molar-refractivity contribution < 1.29 is 216 Å². The maximum atomic E-state index is 11.7. The van der Waals surface area contributed by atoms with Crippen molar-refractivity contribution in [1.82, 2.24) is 0 Å². The Bertz CT molecular complexity index is 2160. The van der Waals surface area contributed by atoms with Crippen molar-refractivity contribution in [2.45, 2.75) is 242 Å². The van der Waals surface area contributed by atoms with E-state index in [-0.39, 0.29) is 55.6 Å². The van der Waals surface area contributed by atoms with Gasteiger partial charge in [-0.3, -0.25) is 0 Å². The fourth-order valence-corrected chi connectivity index (χ4v) is 11.6. The van der Waals surface area contributed by atoms with Gasteiger partial charge in [0.1, 0.15) is 165 Å². The quantitative estimate of drug-likeness (QED) is 0.0490. The Morgan fingerprint density at radius 2 is 0.557 bits per heavy atom. The van der Waals surface area contributed by atoms with Gasteiger partial charge < -0.3 is 178 Å².